The van der Waals surface area contributed by atoms with Gasteiger partial charge in [-0.1, -0.05) is 6.08 Å². The van der Waals surface area contributed by atoms with Crippen molar-refractivity contribution in [1.82, 2.24) is 4.98 Å². The molecular weight excluding hydrogens is 206 g/mol. The molecule has 0 spiro atoms. The van der Waals surface area contributed by atoms with Crippen molar-refractivity contribution in [2.24, 2.45) is 0 Å². The maximum atomic E-state index is 10.3. The molecule has 0 bridgehead atoms. The molecule has 1 aromatic rings. The van der Waals surface area contributed by atoms with E-state index in [1.165, 1.54) is 17.5 Å². The number of carboxylic acids is 2. The highest BCUT2D eigenvalue weighted by atomic mass is 32.1. The molecule has 1 rings (SSSR count). The van der Waals surface area contributed by atoms with E-state index in [0.29, 0.717) is 5.69 Å². The zero-order valence-corrected chi connectivity index (χ0v) is 7.78. The molecule has 0 aromatic carbocycles. The number of hydrogen-bond donors (Lipinski definition) is 1. The lowest BCUT2D eigenvalue weighted by atomic mass is 10.3. The molecule has 74 valence electrons. The highest BCUT2D eigenvalue weighted by Gasteiger charge is 1.99. The van der Waals surface area contributed by atoms with Crippen LogP contribution < -0.4 is 5.11 Å². The van der Waals surface area contributed by atoms with Crippen LogP contribution in [0.25, 0.3) is 6.08 Å². The van der Waals surface area contributed by atoms with Crippen LogP contribution >= 0.6 is 11.3 Å². The smallest absolute Gasteiger partial charge is 0.307 e. The Morgan fingerprint density at radius 1 is 1.64 bits per heavy atom. The van der Waals surface area contributed by atoms with E-state index < -0.39 is 11.9 Å². The van der Waals surface area contributed by atoms with Crippen LogP contribution in [-0.4, -0.2) is 22.0 Å². The molecule has 1 aromatic heterocycles. The summed E-state index contributed by atoms with van der Waals surface area (Å²) in [5.41, 5.74) is 0.426. The molecule has 1 N–H and O–H groups in total. The average molecular weight is 212 g/mol. The monoisotopic (exact) mass is 212 g/mol. The quantitative estimate of drug-likeness (QED) is 0.758. The summed E-state index contributed by atoms with van der Waals surface area (Å²) in [6, 6.07) is 0. The van der Waals surface area contributed by atoms with Crippen LogP contribution in [0.3, 0.4) is 0 Å². The Labute approximate surface area is 83.3 Å². The molecule has 6 heteroatoms. The van der Waals surface area contributed by atoms with E-state index in [2.05, 4.69) is 4.98 Å². The summed E-state index contributed by atoms with van der Waals surface area (Å²) in [5.74, 6) is -2.27. The maximum Gasteiger partial charge on any atom is 0.307 e. The summed E-state index contributed by atoms with van der Waals surface area (Å²) >= 11 is 0.945. The SMILES string of the molecule is O=C(O)CC=Cc1csc(C(=O)[O-])n1. The van der Waals surface area contributed by atoms with Gasteiger partial charge in [-0.2, -0.15) is 0 Å². The van der Waals surface area contributed by atoms with Crippen molar-refractivity contribution in [3.05, 3.63) is 22.2 Å². The molecule has 0 radical (unpaired) electrons. The summed E-state index contributed by atoms with van der Waals surface area (Å²) < 4.78 is 0. The molecule has 0 saturated carbocycles. The van der Waals surface area contributed by atoms with Crippen LogP contribution in [0.4, 0.5) is 0 Å². The molecule has 0 unspecified atom stereocenters. The predicted octanol–water partition coefficient (Wildman–Crippen LogP) is -0.00550. The molecule has 0 aliphatic carbocycles. The fraction of sp³-hybridized carbons (Fsp3) is 0.125. The van der Waals surface area contributed by atoms with Crippen molar-refractivity contribution in [2.45, 2.75) is 6.42 Å². The van der Waals surface area contributed by atoms with Gasteiger partial charge >= 0.3 is 5.97 Å². The lowest BCUT2D eigenvalue weighted by molar-refractivity contribution is -0.255. The average Bonchev–Trinajstić information content (AvgIpc) is 2.52. The minimum absolute atomic E-state index is 0.111. The summed E-state index contributed by atoms with van der Waals surface area (Å²) in [6.45, 7) is 0. The summed E-state index contributed by atoms with van der Waals surface area (Å²) in [5, 5.41) is 20.0. The Morgan fingerprint density at radius 3 is 2.86 bits per heavy atom. The van der Waals surface area contributed by atoms with Crippen molar-refractivity contribution in [3.8, 4) is 0 Å². The van der Waals surface area contributed by atoms with E-state index >= 15 is 0 Å². The largest absolute Gasteiger partial charge is 0.542 e. The van der Waals surface area contributed by atoms with Crippen molar-refractivity contribution >= 4 is 29.4 Å². The molecular formula is C8H6NO4S-. The Bertz CT molecular complexity index is 382. The Kier molecular flexibility index (Phi) is 3.35. The van der Waals surface area contributed by atoms with Gasteiger partial charge in [-0.05, 0) is 6.08 Å². The highest BCUT2D eigenvalue weighted by molar-refractivity contribution is 7.11. The number of thiazole rings is 1. The van der Waals surface area contributed by atoms with Gasteiger partial charge in [-0.15, -0.1) is 11.3 Å². The van der Waals surface area contributed by atoms with Crippen LogP contribution in [0.2, 0.25) is 0 Å². The lowest BCUT2D eigenvalue weighted by Gasteiger charge is -1.91. The molecule has 0 saturated heterocycles. The zero-order valence-electron chi connectivity index (χ0n) is 6.97. The normalized spacial score (nSPS) is 10.6. The van der Waals surface area contributed by atoms with Crippen LogP contribution in [0.15, 0.2) is 11.5 Å². The van der Waals surface area contributed by atoms with E-state index in [4.69, 9.17) is 5.11 Å². The van der Waals surface area contributed by atoms with Gasteiger partial charge in [0.2, 0.25) is 0 Å². The number of aromatic carboxylic acids is 1. The topological polar surface area (TPSA) is 90.3 Å². The van der Waals surface area contributed by atoms with Crippen LogP contribution in [0.5, 0.6) is 0 Å². The number of aliphatic carboxylic acids is 1. The fourth-order valence-corrected chi connectivity index (χ4v) is 1.35. The molecule has 0 atom stereocenters. The fourth-order valence-electron chi connectivity index (χ4n) is 0.737. The van der Waals surface area contributed by atoms with E-state index in [9.17, 15) is 14.7 Å². The van der Waals surface area contributed by atoms with Gasteiger partial charge in [0.25, 0.3) is 0 Å². The standard InChI is InChI=1S/C8H7NO4S/c10-6(11)3-1-2-5-4-14-7(9-5)8(12)13/h1-2,4H,3H2,(H,10,11)(H,12,13)/p-1. The van der Waals surface area contributed by atoms with E-state index in [1.54, 1.807) is 0 Å². The molecule has 5 nitrogen and oxygen atoms in total. The van der Waals surface area contributed by atoms with Gasteiger partial charge in [0.05, 0.1) is 12.1 Å². The van der Waals surface area contributed by atoms with Gasteiger partial charge in [-0.3, -0.25) is 4.79 Å². The number of carboxylic acid groups (broad SMARTS) is 2. The number of nitrogens with zero attached hydrogens (tertiary/aromatic N) is 1. The third-order valence-corrected chi connectivity index (χ3v) is 2.12. The Morgan fingerprint density at radius 2 is 2.36 bits per heavy atom. The van der Waals surface area contributed by atoms with Crippen LogP contribution in [0.1, 0.15) is 21.9 Å². The Hall–Kier alpha value is -1.69. The van der Waals surface area contributed by atoms with Gasteiger partial charge in [-0.25, -0.2) is 4.98 Å². The molecule has 0 fully saturated rings. The number of hydrogen-bond acceptors (Lipinski definition) is 5. The second kappa shape index (κ2) is 4.52. The van der Waals surface area contributed by atoms with E-state index in [1.807, 2.05) is 0 Å². The van der Waals surface area contributed by atoms with Crippen molar-refractivity contribution in [1.29, 1.82) is 0 Å². The number of rotatable bonds is 4. The minimum Gasteiger partial charge on any atom is -0.542 e. The second-order valence-corrected chi connectivity index (χ2v) is 3.22. The first-order chi connectivity index (χ1) is 6.59. The van der Waals surface area contributed by atoms with Crippen molar-refractivity contribution < 1.29 is 19.8 Å². The first-order valence-corrected chi connectivity index (χ1v) is 4.53. The van der Waals surface area contributed by atoms with Crippen LogP contribution in [0, 0.1) is 0 Å². The summed E-state index contributed by atoms with van der Waals surface area (Å²) in [4.78, 5) is 24.1. The Balaban J connectivity index is 2.64. The predicted molar refractivity (Wildman–Crippen MR) is 47.7 cm³/mol. The molecule has 0 aliphatic heterocycles. The third-order valence-electron chi connectivity index (χ3n) is 1.28. The lowest BCUT2D eigenvalue weighted by Crippen LogP contribution is -2.21. The van der Waals surface area contributed by atoms with Gasteiger partial charge in [0.15, 0.2) is 0 Å². The molecule has 0 amide bonds. The summed E-state index contributed by atoms with van der Waals surface area (Å²) in [6.07, 6.45) is 2.74. The number of aromatic nitrogens is 1. The maximum absolute atomic E-state index is 10.3. The highest BCUT2D eigenvalue weighted by Crippen LogP contribution is 2.10. The van der Waals surface area contributed by atoms with Gasteiger partial charge in [0.1, 0.15) is 11.0 Å². The number of carbonyl (C=O) groups is 2. The first-order valence-electron chi connectivity index (χ1n) is 3.65. The summed E-state index contributed by atoms with van der Waals surface area (Å²) in [7, 11) is 0. The van der Waals surface area contributed by atoms with Gasteiger partial charge in [0, 0.05) is 5.38 Å². The van der Waals surface area contributed by atoms with Crippen LogP contribution in [-0.2, 0) is 4.79 Å². The minimum atomic E-state index is -1.33. The van der Waals surface area contributed by atoms with Crippen molar-refractivity contribution in [2.75, 3.05) is 0 Å². The molecule has 14 heavy (non-hydrogen) atoms. The first kappa shape index (κ1) is 10.4. The third kappa shape index (κ3) is 2.98. The van der Waals surface area contributed by atoms with E-state index in [0.717, 1.165) is 11.3 Å². The van der Waals surface area contributed by atoms with Crippen molar-refractivity contribution in [3.63, 3.8) is 0 Å². The number of carbonyl (C=O) groups excluding carboxylic acids is 1. The zero-order chi connectivity index (χ0) is 10.6. The van der Waals surface area contributed by atoms with Gasteiger partial charge < -0.3 is 15.0 Å². The molecule has 0 aliphatic rings. The molecule has 1 heterocycles. The van der Waals surface area contributed by atoms with E-state index in [-0.39, 0.29) is 11.4 Å². The second-order valence-electron chi connectivity index (χ2n) is 2.37.